The van der Waals surface area contributed by atoms with Crippen LogP contribution in [0.15, 0.2) is 23.8 Å². The highest BCUT2D eigenvalue weighted by Gasteiger charge is 2.58. The lowest BCUT2D eigenvalue weighted by Crippen LogP contribution is -2.58. The second-order valence-corrected chi connectivity index (χ2v) is 15.3. The van der Waals surface area contributed by atoms with Gasteiger partial charge in [0.25, 0.3) is 0 Å². The molecule has 14 atom stereocenters. The molecule has 0 aromatic rings. The highest BCUT2D eigenvalue weighted by atomic mass is 16.6. The average molecular weight is 575 g/mol. The Hall–Kier alpha value is -0.760. The minimum atomic E-state index is -1.52. The summed E-state index contributed by atoms with van der Waals surface area (Å²) in [5.74, 6) is 4.75. The first-order chi connectivity index (χ1) is 19.4. The van der Waals surface area contributed by atoms with Gasteiger partial charge in [0, 0.05) is 0 Å². The molecule has 234 valence electrons. The van der Waals surface area contributed by atoms with Gasteiger partial charge in [-0.05, 0) is 110 Å². The van der Waals surface area contributed by atoms with Crippen molar-refractivity contribution in [2.75, 3.05) is 6.61 Å². The minimum absolute atomic E-state index is 0.0788. The Balaban J connectivity index is 1.22. The third-order valence-electron chi connectivity index (χ3n) is 12.9. The van der Waals surface area contributed by atoms with E-state index in [0.717, 1.165) is 37.5 Å². The van der Waals surface area contributed by atoms with Crippen LogP contribution in [-0.2, 0) is 9.47 Å². The van der Waals surface area contributed by atoms with Crippen LogP contribution in [0.3, 0.4) is 0 Å². The Bertz CT molecular complexity index is 962. The maximum absolute atomic E-state index is 10.3. The summed E-state index contributed by atoms with van der Waals surface area (Å²) in [6, 6.07) is 0. The SMILES string of the molecule is CCC(/C=C/C(C)C1CCC2C3=CCC4CC(OCC5OC(O)[C@H](O)[C@@H](O)[C@@H]5O)CCC4(C)C3CCC21C)C(C)C. The molecular weight excluding hydrogens is 516 g/mol. The molecule has 4 aliphatic carbocycles. The van der Waals surface area contributed by atoms with Crippen molar-refractivity contribution in [2.24, 2.45) is 52.3 Å². The summed E-state index contributed by atoms with van der Waals surface area (Å²) < 4.78 is 11.6. The monoisotopic (exact) mass is 574 g/mol. The van der Waals surface area contributed by atoms with Crippen molar-refractivity contribution in [2.45, 2.75) is 136 Å². The standard InChI is InChI=1S/C35H58O6/c1-7-22(20(2)3)9-8-21(4)26-12-13-27-25-11-10-23-18-24(14-16-34(23,5)28(25)15-17-35(26,27)6)40-19-29-30(36)31(37)32(38)33(39)41-29/h8-9,11,20-24,26-33,36-39H,7,10,12-19H2,1-6H3/b9-8+/t21?,22?,23?,24?,26?,27?,28?,29?,30-,31+,32-,33?,34?,35?/m1/s1. The molecule has 6 nitrogen and oxygen atoms in total. The Kier molecular flexibility index (Phi) is 9.51. The third-order valence-corrected chi connectivity index (χ3v) is 12.9. The van der Waals surface area contributed by atoms with E-state index in [1.807, 2.05) is 0 Å². The largest absolute Gasteiger partial charge is 0.387 e. The zero-order valence-electron chi connectivity index (χ0n) is 26.4. The number of hydrogen-bond acceptors (Lipinski definition) is 6. The Morgan fingerprint density at radius 2 is 1.63 bits per heavy atom. The van der Waals surface area contributed by atoms with Gasteiger partial charge in [0.1, 0.15) is 24.4 Å². The number of fused-ring (bicyclic) bond motifs is 5. The van der Waals surface area contributed by atoms with E-state index in [-0.39, 0.29) is 12.7 Å². The second kappa shape index (κ2) is 12.3. The van der Waals surface area contributed by atoms with Gasteiger partial charge in [0.2, 0.25) is 0 Å². The molecule has 0 bridgehead atoms. The fraction of sp³-hybridized carbons (Fsp3) is 0.886. The molecule has 11 unspecified atom stereocenters. The number of aliphatic hydroxyl groups is 4. The van der Waals surface area contributed by atoms with Crippen LogP contribution in [0.1, 0.15) is 99.3 Å². The molecule has 1 saturated heterocycles. The van der Waals surface area contributed by atoms with Gasteiger partial charge < -0.3 is 29.9 Å². The molecule has 4 fully saturated rings. The molecule has 3 saturated carbocycles. The molecule has 6 heteroatoms. The quantitative estimate of drug-likeness (QED) is 0.281. The second-order valence-electron chi connectivity index (χ2n) is 15.3. The molecule has 0 aromatic carbocycles. The molecule has 0 spiro atoms. The van der Waals surface area contributed by atoms with Crippen molar-refractivity contribution in [3.05, 3.63) is 23.8 Å². The lowest BCUT2D eigenvalue weighted by molar-refractivity contribution is -0.291. The van der Waals surface area contributed by atoms with Gasteiger partial charge in [-0.1, -0.05) is 65.3 Å². The van der Waals surface area contributed by atoms with Gasteiger partial charge in [-0.3, -0.25) is 0 Å². The number of ether oxygens (including phenoxy) is 2. The lowest BCUT2D eigenvalue weighted by Gasteiger charge is -2.58. The molecule has 0 aromatic heterocycles. The zero-order chi connectivity index (χ0) is 29.7. The van der Waals surface area contributed by atoms with E-state index in [2.05, 4.69) is 59.8 Å². The first kappa shape index (κ1) is 31.7. The predicted molar refractivity (Wildman–Crippen MR) is 161 cm³/mol. The Morgan fingerprint density at radius 3 is 2.34 bits per heavy atom. The van der Waals surface area contributed by atoms with E-state index in [4.69, 9.17) is 9.47 Å². The topological polar surface area (TPSA) is 99.4 Å². The van der Waals surface area contributed by atoms with Crippen molar-refractivity contribution >= 4 is 0 Å². The van der Waals surface area contributed by atoms with E-state index in [0.29, 0.717) is 40.4 Å². The maximum Gasteiger partial charge on any atom is 0.184 e. The van der Waals surface area contributed by atoms with Crippen LogP contribution in [0.4, 0.5) is 0 Å². The summed E-state index contributed by atoms with van der Waals surface area (Å²) >= 11 is 0. The van der Waals surface area contributed by atoms with Crippen molar-refractivity contribution in [3.63, 3.8) is 0 Å². The van der Waals surface area contributed by atoms with Gasteiger partial charge in [-0.15, -0.1) is 0 Å². The third kappa shape index (κ3) is 5.76. The van der Waals surface area contributed by atoms with Gasteiger partial charge >= 0.3 is 0 Å². The molecule has 5 rings (SSSR count). The lowest BCUT2D eigenvalue weighted by atomic mass is 9.47. The summed E-state index contributed by atoms with van der Waals surface area (Å²) in [7, 11) is 0. The van der Waals surface area contributed by atoms with E-state index in [9.17, 15) is 20.4 Å². The molecule has 41 heavy (non-hydrogen) atoms. The van der Waals surface area contributed by atoms with Gasteiger partial charge in [0.05, 0.1) is 12.7 Å². The molecule has 0 amide bonds. The first-order valence-electron chi connectivity index (χ1n) is 16.8. The van der Waals surface area contributed by atoms with Gasteiger partial charge in [-0.2, -0.15) is 0 Å². The molecule has 4 N–H and O–H groups in total. The molecule has 1 aliphatic heterocycles. The maximum atomic E-state index is 10.3. The number of hydrogen-bond donors (Lipinski definition) is 4. The summed E-state index contributed by atoms with van der Waals surface area (Å²) in [4.78, 5) is 0. The summed E-state index contributed by atoms with van der Waals surface area (Å²) in [5, 5.41) is 40.0. The van der Waals surface area contributed by atoms with Crippen molar-refractivity contribution in [3.8, 4) is 0 Å². The number of rotatable bonds is 8. The van der Waals surface area contributed by atoms with Crippen molar-refractivity contribution in [1.29, 1.82) is 0 Å². The van der Waals surface area contributed by atoms with Crippen LogP contribution < -0.4 is 0 Å². The molecular formula is C35H58O6. The van der Waals surface area contributed by atoms with E-state index >= 15 is 0 Å². The number of allylic oxidation sites excluding steroid dienone is 4. The molecule has 0 radical (unpaired) electrons. The van der Waals surface area contributed by atoms with Crippen LogP contribution in [0.2, 0.25) is 0 Å². The van der Waals surface area contributed by atoms with E-state index < -0.39 is 30.7 Å². The summed E-state index contributed by atoms with van der Waals surface area (Å²) in [6.07, 6.45) is 12.0. The van der Waals surface area contributed by atoms with Gasteiger partial charge in [-0.25, -0.2) is 0 Å². The Morgan fingerprint density at radius 1 is 0.927 bits per heavy atom. The fourth-order valence-electron chi connectivity index (χ4n) is 10.1. The highest BCUT2D eigenvalue weighted by Crippen LogP contribution is 2.67. The Labute approximate surface area is 248 Å². The van der Waals surface area contributed by atoms with Crippen LogP contribution in [-0.4, -0.2) is 63.8 Å². The first-order valence-corrected chi connectivity index (χ1v) is 16.8. The predicted octanol–water partition coefficient (Wildman–Crippen LogP) is 5.63. The zero-order valence-corrected chi connectivity index (χ0v) is 26.4. The smallest absolute Gasteiger partial charge is 0.184 e. The van der Waals surface area contributed by atoms with Crippen LogP contribution >= 0.6 is 0 Å². The average Bonchev–Trinajstić information content (AvgIpc) is 3.30. The molecule has 5 aliphatic rings. The normalized spacial score (nSPS) is 47.9. The van der Waals surface area contributed by atoms with Crippen LogP contribution in [0.5, 0.6) is 0 Å². The van der Waals surface area contributed by atoms with Gasteiger partial charge in [0.15, 0.2) is 6.29 Å². The fourth-order valence-corrected chi connectivity index (χ4v) is 10.1. The van der Waals surface area contributed by atoms with Crippen molar-refractivity contribution in [1.82, 2.24) is 0 Å². The van der Waals surface area contributed by atoms with E-state index in [1.165, 1.54) is 32.1 Å². The minimum Gasteiger partial charge on any atom is -0.387 e. The number of aliphatic hydroxyl groups excluding tert-OH is 4. The van der Waals surface area contributed by atoms with E-state index in [1.54, 1.807) is 5.57 Å². The summed E-state index contributed by atoms with van der Waals surface area (Å²) in [6.45, 7) is 14.7. The summed E-state index contributed by atoms with van der Waals surface area (Å²) in [5.41, 5.74) is 2.49. The molecule has 1 heterocycles. The van der Waals surface area contributed by atoms with Crippen molar-refractivity contribution < 1.29 is 29.9 Å². The van der Waals surface area contributed by atoms with Crippen LogP contribution in [0, 0.1) is 52.3 Å². The highest BCUT2D eigenvalue weighted by molar-refractivity contribution is 5.28. The van der Waals surface area contributed by atoms with Crippen LogP contribution in [0.25, 0.3) is 0 Å².